The summed E-state index contributed by atoms with van der Waals surface area (Å²) in [6, 6.07) is 0. The molecular weight excluding hydrogens is 142 g/mol. The molecule has 9 heavy (non-hydrogen) atoms. The summed E-state index contributed by atoms with van der Waals surface area (Å²) in [5.41, 5.74) is 1.34. The van der Waals surface area contributed by atoms with Crippen molar-refractivity contribution in [1.82, 2.24) is 5.32 Å². The topological polar surface area (TPSA) is 39.7 Å². The van der Waals surface area contributed by atoms with Crippen LogP contribution < -0.4 is 5.32 Å². The van der Waals surface area contributed by atoms with E-state index in [4.69, 9.17) is 14.2 Å². The minimum absolute atomic E-state index is 0.251. The van der Waals surface area contributed by atoms with Crippen LogP contribution in [0.3, 0.4) is 0 Å². The van der Waals surface area contributed by atoms with Gasteiger partial charge in [-0.1, -0.05) is 12.2 Å². The molecular formula is C4H7NO3S. The van der Waals surface area contributed by atoms with Crippen LogP contribution in [0.5, 0.6) is 0 Å². The van der Waals surface area contributed by atoms with Crippen LogP contribution in [-0.2, 0) is 14.2 Å². The first-order valence-corrected chi connectivity index (χ1v) is 2.91. The van der Waals surface area contributed by atoms with Crippen molar-refractivity contribution in [1.29, 1.82) is 0 Å². The Bertz CT molecular complexity index is 93.8. The zero-order valence-corrected chi connectivity index (χ0v) is 5.52. The quantitative estimate of drug-likeness (QED) is 0.550. The van der Waals surface area contributed by atoms with Gasteiger partial charge in [-0.2, -0.15) is 0 Å². The molecule has 0 spiro atoms. The number of thiocarbonyl (C=S) groups is 1. The van der Waals surface area contributed by atoms with Gasteiger partial charge in [0.05, 0.1) is 5.49 Å². The van der Waals surface area contributed by atoms with E-state index in [0.29, 0.717) is 0 Å². The maximum Gasteiger partial charge on any atom is 0.242 e. The summed E-state index contributed by atoms with van der Waals surface area (Å²) in [6.45, 7) is 0.502. The van der Waals surface area contributed by atoms with Gasteiger partial charge in [-0.3, -0.25) is 0 Å². The third-order valence-corrected chi connectivity index (χ3v) is 0.946. The molecule has 1 aliphatic heterocycles. The number of nitrogens with one attached hydrogen (secondary N) is 1. The average molecular weight is 149 g/mol. The van der Waals surface area contributed by atoms with Gasteiger partial charge in [0.2, 0.25) is 6.41 Å². The molecule has 52 valence electrons. The Morgan fingerprint density at radius 1 is 1.44 bits per heavy atom. The summed E-state index contributed by atoms with van der Waals surface area (Å²) in [4.78, 5) is 0. The predicted octanol–water partition coefficient (Wildman–Crippen LogP) is -0.205. The van der Waals surface area contributed by atoms with E-state index in [2.05, 4.69) is 17.5 Å². The second-order valence-electron chi connectivity index (χ2n) is 1.39. The molecule has 1 saturated heterocycles. The Morgan fingerprint density at radius 3 is 2.67 bits per heavy atom. The third kappa shape index (κ3) is 2.23. The van der Waals surface area contributed by atoms with Crippen molar-refractivity contribution >= 4 is 17.7 Å². The van der Waals surface area contributed by atoms with Gasteiger partial charge in [-0.25, -0.2) is 0 Å². The molecule has 1 rings (SSSR count). The molecule has 0 bridgehead atoms. The molecule has 0 amide bonds. The molecule has 0 unspecified atom stereocenters. The van der Waals surface area contributed by atoms with Crippen LogP contribution in [-0.4, -0.2) is 25.5 Å². The van der Waals surface area contributed by atoms with Crippen molar-refractivity contribution in [2.45, 2.75) is 6.41 Å². The van der Waals surface area contributed by atoms with Gasteiger partial charge in [-0.15, -0.1) is 0 Å². The third-order valence-electron chi connectivity index (χ3n) is 0.810. The van der Waals surface area contributed by atoms with Crippen LogP contribution in [0.15, 0.2) is 0 Å². The van der Waals surface area contributed by atoms with Crippen LogP contribution in [0, 0.1) is 0 Å². The van der Waals surface area contributed by atoms with Gasteiger partial charge in [0.1, 0.15) is 0 Å². The van der Waals surface area contributed by atoms with E-state index in [1.807, 2.05) is 0 Å². The fraction of sp³-hybridized carbons (Fsp3) is 0.750. The molecule has 1 N–H and O–H groups in total. The van der Waals surface area contributed by atoms with E-state index < -0.39 is 6.41 Å². The van der Waals surface area contributed by atoms with Crippen LogP contribution in [0.4, 0.5) is 0 Å². The lowest BCUT2D eigenvalue weighted by Crippen LogP contribution is -2.37. The molecule has 0 radical (unpaired) electrons. The van der Waals surface area contributed by atoms with Gasteiger partial charge >= 0.3 is 0 Å². The number of hydrogen-bond acceptors (Lipinski definition) is 4. The van der Waals surface area contributed by atoms with Crippen molar-refractivity contribution in [2.24, 2.45) is 0 Å². The Hall–Kier alpha value is -0.230. The summed E-state index contributed by atoms with van der Waals surface area (Å²) in [5.74, 6) is 0. The molecule has 0 aromatic carbocycles. The van der Waals surface area contributed by atoms with E-state index in [1.54, 1.807) is 0 Å². The Morgan fingerprint density at radius 2 is 2.11 bits per heavy atom. The van der Waals surface area contributed by atoms with E-state index in [0.717, 1.165) is 0 Å². The van der Waals surface area contributed by atoms with E-state index in [9.17, 15) is 0 Å². The van der Waals surface area contributed by atoms with Crippen molar-refractivity contribution in [3.63, 3.8) is 0 Å². The summed E-state index contributed by atoms with van der Waals surface area (Å²) in [6.07, 6.45) is -0.434. The van der Waals surface area contributed by atoms with Crippen LogP contribution in [0.2, 0.25) is 0 Å². The molecule has 0 aromatic heterocycles. The molecule has 0 saturated carbocycles. The van der Waals surface area contributed by atoms with Crippen molar-refractivity contribution in [3.8, 4) is 0 Å². The van der Waals surface area contributed by atoms with Crippen LogP contribution in [0.25, 0.3) is 0 Å². The molecule has 0 aromatic rings. The highest BCUT2D eigenvalue weighted by Crippen LogP contribution is 1.96. The molecule has 1 heterocycles. The van der Waals surface area contributed by atoms with Gasteiger partial charge in [0.15, 0.2) is 13.6 Å². The molecule has 5 heteroatoms. The van der Waals surface area contributed by atoms with E-state index in [1.165, 1.54) is 5.49 Å². The zero-order valence-electron chi connectivity index (χ0n) is 4.70. The zero-order chi connectivity index (χ0) is 6.53. The summed E-state index contributed by atoms with van der Waals surface area (Å²) in [7, 11) is 0. The Labute approximate surface area is 58.1 Å². The number of hydrogen-bond donors (Lipinski definition) is 1. The maximum atomic E-state index is 4.86. The normalized spacial score (nSPS) is 21.3. The van der Waals surface area contributed by atoms with Crippen molar-refractivity contribution in [2.75, 3.05) is 13.6 Å². The first-order valence-electron chi connectivity index (χ1n) is 2.44. The smallest absolute Gasteiger partial charge is 0.242 e. The minimum Gasteiger partial charge on any atom is -0.334 e. The van der Waals surface area contributed by atoms with Gasteiger partial charge in [0, 0.05) is 0 Å². The molecule has 1 aliphatic rings. The number of rotatable bonds is 2. The first kappa shape index (κ1) is 6.88. The van der Waals surface area contributed by atoms with Gasteiger partial charge in [-0.05, 0) is 0 Å². The summed E-state index contributed by atoms with van der Waals surface area (Å²) < 4.78 is 14.4. The van der Waals surface area contributed by atoms with Gasteiger partial charge in [0.25, 0.3) is 0 Å². The minimum atomic E-state index is -0.434. The monoisotopic (exact) mass is 149 g/mol. The highest BCUT2D eigenvalue weighted by atomic mass is 32.1. The standard InChI is InChI=1S/C4H7NO3S/c9-1-5-4-7-2-6-3-8-4/h1,4H,2-3H2,(H,5,9). The molecule has 0 atom stereocenters. The SMILES string of the molecule is S=CNC1OCOCO1. The summed E-state index contributed by atoms with van der Waals surface area (Å²) in [5, 5.41) is 2.65. The number of ether oxygens (including phenoxy) is 3. The lowest BCUT2D eigenvalue weighted by atomic mass is 11.0. The van der Waals surface area contributed by atoms with E-state index >= 15 is 0 Å². The van der Waals surface area contributed by atoms with Gasteiger partial charge < -0.3 is 19.5 Å². The van der Waals surface area contributed by atoms with Crippen LogP contribution in [0.1, 0.15) is 0 Å². The lowest BCUT2D eigenvalue weighted by molar-refractivity contribution is -0.302. The lowest BCUT2D eigenvalue weighted by Gasteiger charge is -2.22. The second-order valence-corrected chi connectivity index (χ2v) is 1.63. The van der Waals surface area contributed by atoms with Crippen LogP contribution >= 0.6 is 12.2 Å². The molecule has 4 nitrogen and oxygen atoms in total. The molecule has 0 aliphatic carbocycles. The average Bonchev–Trinajstić information content (AvgIpc) is 1.91. The highest BCUT2D eigenvalue weighted by molar-refractivity contribution is 7.78. The predicted molar refractivity (Wildman–Crippen MR) is 33.6 cm³/mol. The van der Waals surface area contributed by atoms with Crippen molar-refractivity contribution < 1.29 is 14.2 Å². The van der Waals surface area contributed by atoms with E-state index in [-0.39, 0.29) is 13.6 Å². The fourth-order valence-corrected chi connectivity index (χ4v) is 0.565. The van der Waals surface area contributed by atoms with Crippen molar-refractivity contribution in [3.05, 3.63) is 0 Å². The first-order chi connectivity index (χ1) is 4.43. The molecule has 1 fully saturated rings. The highest BCUT2D eigenvalue weighted by Gasteiger charge is 2.10. The summed E-state index contributed by atoms with van der Waals surface area (Å²) >= 11 is 4.50. The fourth-order valence-electron chi connectivity index (χ4n) is 0.454. The largest absolute Gasteiger partial charge is 0.334 e. The Balaban J connectivity index is 2.15. The second kappa shape index (κ2) is 3.73. The maximum absolute atomic E-state index is 4.86. The Kier molecular flexibility index (Phi) is 2.85.